The summed E-state index contributed by atoms with van der Waals surface area (Å²) in [6.45, 7) is 10.00. The highest BCUT2D eigenvalue weighted by Crippen LogP contribution is 2.32. The molecule has 128 valence electrons. The molecule has 0 radical (unpaired) electrons. The molecule has 2 fully saturated rings. The fourth-order valence-electron chi connectivity index (χ4n) is 3.18. The lowest BCUT2D eigenvalue weighted by molar-refractivity contribution is 0.0497. The van der Waals surface area contributed by atoms with E-state index in [9.17, 15) is 4.79 Å². The van der Waals surface area contributed by atoms with Gasteiger partial charge in [-0.3, -0.25) is 0 Å². The number of hydrogen-bond donors (Lipinski definition) is 2. The van der Waals surface area contributed by atoms with Crippen LogP contribution in [0.2, 0.25) is 0 Å². The average Bonchev–Trinajstić information content (AvgIpc) is 3.19. The Morgan fingerprint density at radius 3 is 2.64 bits per heavy atom. The molecule has 1 saturated carbocycles. The van der Waals surface area contributed by atoms with Crippen LogP contribution in [0.25, 0.3) is 0 Å². The predicted molar refractivity (Wildman–Crippen MR) is 89.0 cm³/mol. The highest BCUT2D eigenvalue weighted by atomic mass is 16.6. The zero-order chi connectivity index (χ0) is 16.2. The van der Waals surface area contributed by atoms with E-state index in [0.29, 0.717) is 5.92 Å². The molecule has 0 aromatic rings. The zero-order valence-electron chi connectivity index (χ0n) is 14.7. The van der Waals surface area contributed by atoms with Gasteiger partial charge in [-0.05, 0) is 78.4 Å². The lowest BCUT2D eigenvalue weighted by Gasteiger charge is -2.30. The van der Waals surface area contributed by atoms with Gasteiger partial charge in [0.15, 0.2) is 0 Å². The number of hydrogen-bond acceptors (Lipinski definition) is 4. The average molecular weight is 311 g/mol. The van der Waals surface area contributed by atoms with Crippen LogP contribution in [0.15, 0.2) is 0 Å². The van der Waals surface area contributed by atoms with Crippen molar-refractivity contribution in [3.63, 3.8) is 0 Å². The Morgan fingerprint density at radius 1 is 1.32 bits per heavy atom. The van der Waals surface area contributed by atoms with Gasteiger partial charge < -0.3 is 20.3 Å². The minimum atomic E-state index is -0.432. The molecule has 5 nitrogen and oxygen atoms in total. The summed E-state index contributed by atoms with van der Waals surface area (Å²) >= 11 is 0. The molecule has 0 spiro atoms. The fraction of sp³-hybridized carbons (Fsp3) is 0.941. The maximum absolute atomic E-state index is 11.9. The summed E-state index contributed by atoms with van der Waals surface area (Å²) in [4.78, 5) is 14.4. The number of rotatable bonds is 6. The summed E-state index contributed by atoms with van der Waals surface area (Å²) in [6.07, 6.45) is 4.75. The standard InChI is InChI=1S/C17H33N3O2/c1-17(2,3)22-16(21)19-15(14-7-8-14)11-18-10-13-6-5-9-20(4)12-13/h13-15,18H,5-12H2,1-4H3,(H,19,21). The van der Waals surface area contributed by atoms with Gasteiger partial charge in [-0.1, -0.05) is 0 Å². The predicted octanol–water partition coefficient (Wildman–Crippen LogP) is 2.22. The number of nitrogens with one attached hydrogen (secondary N) is 2. The minimum Gasteiger partial charge on any atom is -0.444 e. The first-order valence-electron chi connectivity index (χ1n) is 8.72. The van der Waals surface area contributed by atoms with E-state index in [2.05, 4.69) is 22.6 Å². The highest BCUT2D eigenvalue weighted by Gasteiger charge is 2.33. The van der Waals surface area contributed by atoms with Crippen LogP contribution in [-0.2, 0) is 4.74 Å². The Balaban J connectivity index is 1.69. The molecular weight excluding hydrogens is 278 g/mol. The van der Waals surface area contributed by atoms with Crippen LogP contribution in [0.5, 0.6) is 0 Å². The molecular formula is C17H33N3O2. The van der Waals surface area contributed by atoms with E-state index < -0.39 is 5.60 Å². The third-order valence-corrected chi connectivity index (χ3v) is 4.41. The van der Waals surface area contributed by atoms with Crippen LogP contribution < -0.4 is 10.6 Å². The molecule has 5 heteroatoms. The Kier molecular flexibility index (Phi) is 6.09. The number of amides is 1. The second-order valence-electron chi connectivity index (χ2n) is 8.02. The van der Waals surface area contributed by atoms with E-state index in [1.165, 1.54) is 38.8 Å². The molecule has 0 bridgehead atoms. The summed E-state index contributed by atoms with van der Waals surface area (Å²) in [5.41, 5.74) is -0.432. The summed E-state index contributed by atoms with van der Waals surface area (Å²) in [5.74, 6) is 1.36. The molecule has 2 rings (SSSR count). The van der Waals surface area contributed by atoms with E-state index >= 15 is 0 Å². The van der Waals surface area contributed by atoms with E-state index in [-0.39, 0.29) is 12.1 Å². The molecule has 2 aliphatic rings. The molecule has 1 amide bonds. The van der Waals surface area contributed by atoms with Crippen molar-refractivity contribution in [3.8, 4) is 0 Å². The van der Waals surface area contributed by atoms with Crippen molar-refractivity contribution in [2.75, 3.05) is 33.2 Å². The third-order valence-electron chi connectivity index (χ3n) is 4.41. The van der Waals surface area contributed by atoms with Crippen molar-refractivity contribution in [3.05, 3.63) is 0 Å². The first kappa shape index (κ1) is 17.5. The van der Waals surface area contributed by atoms with Gasteiger partial charge in [0.1, 0.15) is 5.60 Å². The molecule has 1 aliphatic heterocycles. The topological polar surface area (TPSA) is 53.6 Å². The van der Waals surface area contributed by atoms with Gasteiger partial charge >= 0.3 is 6.09 Å². The van der Waals surface area contributed by atoms with Gasteiger partial charge in [0, 0.05) is 19.1 Å². The molecule has 1 aliphatic carbocycles. The number of carbonyl (C=O) groups excluding carboxylic acids is 1. The van der Waals surface area contributed by atoms with Gasteiger partial charge in [-0.15, -0.1) is 0 Å². The molecule has 2 N–H and O–H groups in total. The lowest BCUT2D eigenvalue weighted by atomic mass is 9.98. The molecule has 1 saturated heterocycles. The molecule has 22 heavy (non-hydrogen) atoms. The number of alkyl carbamates (subject to hydrolysis) is 1. The van der Waals surface area contributed by atoms with Gasteiger partial charge in [0.25, 0.3) is 0 Å². The number of ether oxygens (including phenoxy) is 1. The first-order chi connectivity index (χ1) is 10.3. The quantitative estimate of drug-likeness (QED) is 0.790. The normalized spacial score (nSPS) is 24.8. The van der Waals surface area contributed by atoms with Crippen molar-refractivity contribution in [2.45, 2.75) is 58.1 Å². The lowest BCUT2D eigenvalue weighted by Crippen LogP contribution is -2.47. The molecule has 0 aromatic heterocycles. The number of carbonyl (C=O) groups is 1. The summed E-state index contributed by atoms with van der Waals surface area (Å²) in [5, 5.41) is 6.62. The number of nitrogens with zero attached hydrogens (tertiary/aromatic N) is 1. The summed E-state index contributed by atoms with van der Waals surface area (Å²) < 4.78 is 5.37. The van der Waals surface area contributed by atoms with Crippen LogP contribution in [0.3, 0.4) is 0 Å². The van der Waals surface area contributed by atoms with E-state index in [0.717, 1.165) is 19.0 Å². The van der Waals surface area contributed by atoms with Crippen LogP contribution in [0.1, 0.15) is 46.5 Å². The van der Waals surface area contributed by atoms with E-state index in [1.807, 2.05) is 20.8 Å². The van der Waals surface area contributed by atoms with E-state index in [1.54, 1.807) is 0 Å². The van der Waals surface area contributed by atoms with Crippen LogP contribution in [0.4, 0.5) is 4.79 Å². The second-order valence-corrected chi connectivity index (χ2v) is 8.02. The van der Waals surface area contributed by atoms with Crippen molar-refractivity contribution >= 4 is 6.09 Å². The minimum absolute atomic E-state index is 0.205. The Bertz CT molecular complexity index is 363. The van der Waals surface area contributed by atoms with Crippen LogP contribution in [-0.4, -0.2) is 55.9 Å². The summed E-state index contributed by atoms with van der Waals surface area (Å²) in [6, 6.07) is 0.205. The molecule has 2 atom stereocenters. The first-order valence-corrected chi connectivity index (χ1v) is 8.72. The smallest absolute Gasteiger partial charge is 0.407 e. The monoisotopic (exact) mass is 311 g/mol. The third kappa shape index (κ3) is 6.53. The van der Waals surface area contributed by atoms with Gasteiger partial charge in [0.2, 0.25) is 0 Å². The zero-order valence-corrected chi connectivity index (χ0v) is 14.7. The van der Waals surface area contributed by atoms with Crippen molar-refractivity contribution in [1.82, 2.24) is 15.5 Å². The molecule has 1 heterocycles. The Hall–Kier alpha value is -0.810. The summed E-state index contributed by atoms with van der Waals surface area (Å²) in [7, 11) is 2.20. The molecule has 2 unspecified atom stereocenters. The van der Waals surface area contributed by atoms with Gasteiger partial charge in [-0.2, -0.15) is 0 Å². The largest absolute Gasteiger partial charge is 0.444 e. The fourth-order valence-corrected chi connectivity index (χ4v) is 3.18. The number of likely N-dealkylation sites (tertiary alicyclic amines) is 1. The van der Waals surface area contributed by atoms with Crippen molar-refractivity contribution < 1.29 is 9.53 Å². The number of piperidine rings is 1. The van der Waals surface area contributed by atoms with Crippen molar-refractivity contribution in [2.24, 2.45) is 11.8 Å². The Morgan fingerprint density at radius 2 is 2.05 bits per heavy atom. The van der Waals surface area contributed by atoms with Gasteiger partial charge in [-0.25, -0.2) is 4.79 Å². The van der Waals surface area contributed by atoms with E-state index in [4.69, 9.17) is 4.74 Å². The van der Waals surface area contributed by atoms with Crippen molar-refractivity contribution in [1.29, 1.82) is 0 Å². The highest BCUT2D eigenvalue weighted by molar-refractivity contribution is 5.68. The Labute approximate surface area is 135 Å². The van der Waals surface area contributed by atoms with Crippen LogP contribution in [0, 0.1) is 11.8 Å². The second kappa shape index (κ2) is 7.64. The molecule has 0 aromatic carbocycles. The van der Waals surface area contributed by atoms with Gasteiger partial charge in [0.05, 0.1) is 0 Å². The maximum Gasteiger partial charge on any atom is 0.407 e. The SMILES string of the molecule is CN1CCCC(CNCC(NC(=O)OC(C)(C)C)C2CC2)C1. The van der Waals surface area contributed by atoms with Crippen LogP contribution >= 0.6 is 0 Å². The maximum atomic E-state index is 11.9.